The van der Waals surface area contributed by atoms with Gasteiger partial charge in [0.05, 0.1) is 5.54 Å². The van der Waals surface area contributed by atoms with Crippen LogP contribution in [0.5, 0.6) is 0 Å². The molecule has 13 heavy (non-hydrogen) atoms. The second-order valence-electron chi connectivity index (χ2n) is 3.38. The molecule has 1 aromatic carbocycles. The van der Waals surface area contributed by atoms with Crippen molar-refractivity contribution >= 4 is 17.7 Å². The molecule has 0 heterocycles. The SMILES string of the molecule is CC(N)(Cc1ccccc1)C(=O)S. The maximum atomic E-state index is 11.0. The van der Waals surface area contributed by atoms with E-state index in [1.807, 2.05) is 30.3 Å². The van der Waals surface area contributed by atoms with Crippen molar-refractivity contribution in [3.63, 3.8) is 0 Å². The highest BCUT2D eigenvalue weighted by Crippen LogP contribution is 2.12. The van der Waals surface area contributed by atoms with E-state index < -0.39 is 5.54 Å². The fourth-order valence-corrected chi connectivity index (χ4v) is 1.17. The summed E-state index contributed by atoms with van der Waals surface area (Å²) in [6, 6.07) is 9.67. The zero-order valence-corrected chi connectivity index (χ0v) is 8.42. The molecule has 2 N–H and O–H groups in total. The lowest BCUT2D eigenvalue weighted by atomic mass is 9.95. The van der Waals surface area contributed by atoms with E-state index in [1.54, 1.807) is 6.92 Å². The number of hydrogen-bond donors (Lipinski definition) is 2. The van der Waals surface area contributed by atoms with Crippen molar-refractivity contribution < 1.29 is 4.79 Å². The van der Waals surface area contributed by atoms with Gasteiger partial charge in [0.25, 0.3) is 0 Å². The van der Waals surface area contributed by atoms with Crippen molar-refractivity contribution in [3.05, 3.63) is 35.9 Å². The van der Waals surface area contributed by atoms with Crippen LogP contribution in [0.1, 0.15) is 12.5 Å². The number of thiol groups is 1. The lowest BCUT2D eigenvalue weighted by Gasteiger charge is -2.19. The van der Waals surface area contributed by atoms with Gasteiger partial charge in [-0.1, -0.05) is 30.3 Å². The minimum atomic E-state index is -0.871. The van der Waals surface area contributed by atoms with E-state index in [9.17, 15) is 4.79 Å². The van der Waals surface area contributed by atoms with E-state index in [4.69, 9.17) is 5.73 Å². The van der Waals surface area contributed by atoms with Gasteiger partial charge in [0.15, 0.2) is 0 Å². The van der Waals surface area contributed by atoms with Crippen LogP contribution in [0, 0.1) is 0 Å². The molecule has 0 amide bonds. The van der Waals surface area contributed by atoms with Gasteiger partial charge >= 0.3 is 0 Å². The van der Waals surface area contributed by atoms with Crippen LogP contribution in [0.3, 0.4) is 0 Å². The molecule has 0 fully saturated rings. The summed E-state index contributed by atoms with van der Waals surface area (Å²) in [5.41, 5.74) is 5.95. The third-order valence-electron chi connectivity index (χ3n) is 1.90. The maximum absolute atomic E-state index is 11.0. The fourth-order valence-electron chi connectivity index (χ4n) is 1.10. The average Bonchev–Trinajstić information content (AvgIpc) is 2.05. The van der Waals surface area contributed by atoms with Crippen LogP contribution < -0.4 is 5.73 Å². The first-order valence-electron chi connectivity index (χ1n) is 4.08. The Balaban J connectivity index is 2.75. The molecule has 0 aliphatic carbocycles. The summed E-state index contributed by atoms with van der Waals surface area (Å²) in [6.07, 6.45) is 0.524. The van der Waals surface area contributed by atoms with E-state index in [2.05, 4.69) is 12.6 Å². The van der Waals surface area contributed by atoms with Crippen LogP contribution in [-0.4, -0.2) is 10.7 Å². The van der Waals surface area contributed by atoms with Crippen molar-refractivity contribution in [1.29, 1.82) is 0 Å². The monoisotopic (exact) mass is 195 g/mol. The van der Waals surface area contributed by atoms with Gasteiger partial charge in [-0.3, -0.25) is 4.79 Å². The van der Waals surface area contributed by atoms with Crippen LogP contribution >= 0.6 is 12.6 Å². The number of benzene rings is 1. The lowest BCUT2D eigenvalue weighted by Crippen LogP contribution is -2.44. The molecule has 3 heteroatoms. The second-order valence-corrected chi connectivity index (χ2v) is 3.79. The van der Waals surface area contributed by atoms with Crippen molar-refractivity contribution in [3.8, 4) is 0 Å². The van der Waals surface area contributed by atoms with Gasteiger partial charge in [-0.15, -0.1) is 12.6 Å². The molecule has 2 nitrogen and oxygen atoms in total. The predicted octanol–water partition coefficient (Wildman–Crippen LogP) is 1.40. The van der Waals surface area contributed by atoms with Gasteiger partial charge in [-0.25, -0.2) is 0 Å². The Morgan fingerprint density at radius 2 is 2.00 bits per heavy atom. The van der Waals surface area contributed by atoms with E-state index in [-0.39, 0.29) is 5.12 Å². The van der Waals surface area contributed by atoms with Gasteiger partial charge in [-0.05, 0) is 18.9 Å². The minimum absolute atomic E-state index is 0.281. The standard InChI is InChI=1S/C10H13NOS/c1-10(11,9(12)13)7-8-5-3-2-4-6-8/h2-6H,7,11H2,1H3,(H,12,13). The number of hydrogen-bond acceptors (Lipinski definition) is 2. The van der Waals surface area contributed by atoms with E-state index >= 15 is 0 Å². The summed E-state index contributed by atoms with van der Waals surface area (Å²) in [6.45, 7) is 1.69. The van der Waals surface area contributed by atoms with Crippen molar-refractivity contribution in [2.24, 2.45) is 5.73 Å². The molecule has 1 aromatic rings. The molecule has 1 rings (SSSR count). The van der Waals surface area contributed by atoms with Gasteiger partial charge < -0.3 is 5.73 Å². The van der Waals surface area contributed by atoms with Crippen LogP contribution in [0.4, 0.5) is 0 Å². The first-order chi connectivity index (χ1) is 6.02. The number of rotatable bonds is 3. The topological polar surface area (TPSA) is 43.1 Å². The molecule has 0 saturated carbocycles. The molecule has 0 aliphatic rings. The Bertz CT molecular complexity index is 295. The van der Waals surface area contributed by atoms with Crippen LogP contribution in [0.15, 0.2) is 30.3 Å². The molecule has 0 aliphatic heterocycles. The van der Waals surface area contributed by atoms with E-state index in [1.165, 1.54) is 0 Å². The molecule has 0 aromatic heterocycles. The molecular formula is C10H13NOS. The zero-order chi connectivity index (χ0) is 9.90. The van der Waals surface area contributed by atoms with Gasteiger partial charge in [0.2, 0.25) is 5.12 Å². The third-order valence-corrected chi connectivity index (χ3v) is 2.41. The molecule has 0 bridgehead atoms. The van der Waals surface area contributed by atoms with Crippen molar-refractivity contribution in [2.45, 2.75) is 18.9 Å². The third kappa shape index (κ3) is 2.86. The summed E-state index contributed by atoms with van der Waals surface area (Å²) in [5.74, 6) is 0. The average molecular weight is 195 g/mol. The Morgan fingerprint density at radius 1 is 1.46 bits per heavy atom. The highest BCUT2D eigenvalue weighted by Gasteiger charge is 2.25. The largest absolute Gasteiger partial charge is 0.318 e. The molecule has 0 spiro atoms. The predicted molar refractivity (Wildman–Crippen MR) is 56.7 cm³/mol. The second kappa shape index (κ2) is 3.94. The number of nitrogens with two attached hydrogens (primary N) is 1. The number of carbonyl (C=O) groups excluding carboxylic acids is 1. The molecule has 70 valence electrons. The van der Waals surface area contributed by atoms with Crippen molar-refractivity contribution in [2.75, 3.05) is 0 Å². The Morgan fingerprint density at radius 3 is 2.46 bits per heavy atom. The zero-order valence-electron chi connectivity index (χ0n) is 7.53. The highest BCUT2D eigenvalue weighted by atomic mass is 32.1. The summed E-state index contributed by atoms with van der Waals surface area (Å²) >= 11 is 3.75. The summed E-state index contributed by atoms with van der Waals surface area (Å²) in [5, 5.41) is -0.281. The maximum Gasteiger partial charge on any atom is 0.205 e. The Labute approximate surface area is 83.5 Å². The quantitative estimate of drug-likeness (QED) is 0.716. The van der Waals surface area contributed by atoms with Gasteiger partial charge in [0, 0.05) is 0 Å². The molecule has 0 radical (unpaired) electrons. The Kier molecular flexibility index (Phi) is 3.12. The van der Waals surface area contributed by atoms with E-state index in [0.717, 1.165) is 5.56 Å². The number of carbonyl (C=O) groups is 1. The Hall–Kier alpha value is -0.800. The molecule has 1 unspecified atom stereocenters. The lowest BCUT2D eigenvalue weighted by molar-refractivity contribution is -0.114. The van der Waals surface area contributed by atoms with Gasteiger partial charge in [0.1, 0.15) is 0 Å². The smallest absolute Gasteiger partial charge is 0.205 e. The van der Waals surface area contributed by atoms with E-state index in [0.29, 0.717) is 6.42 Å². The summed E-state index contributed by atoms with van der Waals surface area (Å²) in [7, 11) is 0. The first-order valence-corrected chi connectivity index (χ1v) is 4.53. The minimum Gasteiger partial charge on any atom is -0.318 e. The summed E-state index contributed by atoms with van der Waals surface area (Å²) < 4.78 is 0. The van der Waals surface area contributed by atoms with Crippen LogP contribution in [-0.2, 0) is 11.2 Å². The normalized spacial score (nSPS) is 15.0. The highest BCUT2D eigenvalue weighted by molar-refractivity contribution is 7.96. The molecule has 0 saturated heterocycles. The fraction of sp³-hybridized carbons (Fsp3) is 0.300. The molecule has 1 atom stereocenters. The van der Waals surface area contributed by atoms with Crippen LogP contribution in [0.2, 0.25) is 0 Å². The van der Waals surface area contributed by atoms with Crippen LogP contribution in [0.25, 0.3) is 0 Å². The summed E-state index contributed by atoms with van der Waals surface area (Å²) in [4.78, 5) is 11.0. The van der Waals surface area contributed by atoms with Crippen molar-refractivity contribution in [1.82, 2.24) is 0 Å². The van der Waals surface area contributed by atoms with Gasteiger partial charge in [-0.2, -0.15) is 0 Å². The first kappa shape index (κ1) is 10.3. The molecular weight excluding hydrogens is 182 g/mol.